The van der Waals surface area contributed by atoms with Crippen LogP contribution in [0.2, 0.25) is 5.28 Å². The Morgan fingerprint density at radius 1 is 1.36 bits per heavy atom. The standard InChI is InChI=1S/C7H13ClN6/c1-14(2)4-3-10-7-12-5(8)11-6(9)13-7/h3-4H2,1-2H3,(H3,9,10,11,12,13). The van der Waals surface area contributed by atoms with Gasteiger partial charge < -0.3 is 16.0 Å². The van der Waals surface area contributed by atoms with E-state index in [1.165, 1.54) is 0 Å². The van der Waals surface area contributed by atoms with E-state index in [0.29, 0.717) is 5.95 Å². The molecule has 0 aliphatic heterocycles. The summed E-state index contributed by atoms with van der Waals surface area (Å²) in [4.78, 5) is 13.4. The Morgan fingerprint density at radius 3 is 2.64 bits per heavy atom. The van der Waals surface area contributed by atoms with Crippen molar-refractivity contribution in [2.45, 2.75) is 0 Å². The van der Waals surface area contributed by atoms with Gasteiger partial charge in [-0.2, -0.15) is 15.0 Å². The van der Waals surface area contributed by atoms with Crippen molar-refractivity contribution >= 4 is 23.5 Å². The van der Waals surface area contributed by atoms with Gasteiger partial charge in [0.25, 0.3) is 0 Å². The van der Waals surface area contributed by atoms with E-state index < -0.39 is 0 Å². The van der Waals surface area contributed by atoms with E-state index in [-0.39, 0.29) is 11.2 Å². The SMILES string of the molecule is CN(C)CCNc1nc(N)nc(Cl)n1. The zero-order valence-electron chi connectivity index (χ0n) is 8.16. The molecular weight excluding hydrogens is 204 g/mol. The van der Waals surface area contributed by atoms with Gasteiger partial charge in [0.15, 0.2) is 0 Å². The van der Waals surface area contributed by atoms with Crippen LogP contribution in [0.1, 0.15) is 0 Å². The van der Waals surface area contributed by atoms with Crippen molar-refractivity contribution in [2.75, 3.05) is 38.2 Å². The minimum atomic E-state index is 0.102. The van der Waals surface area contributed by atoms with E-state index in [9.17, 15) is 0 Å². The number of nitrogens with zero attached hydrogens (tertiary/aromatic N) is 4. The summed E-state index contributed by atoms with van der Waals surface area (Å²) in [5.74, 6) is 0.529. The third-order valence-corrected chi connectivity index (χ3v) is 1.64. The maximum Gasteiger partial charge on any atom is 0.228 e. The molecule has 1 aromatic heterocycles. The summed E-state index contributed by atoms with van der Waals surface area (Å²) < 4.78 is 0. The van der Waals surface area contributed by atoms with Crippen molar-refractivity contribution in [2.24, 2.45) is 0 Å². The minimum absolute atomic E-state index is 0.102. The van der Waals surface area contributed by atoms with Gasteiger partial charge in [0.1, 0.15) is 0 Å². The first kappa shape index (κ1) is 10.9. The molecule has 0 fully saturated rings. The van der Waals surface area contributed by atoms with Crippen LogP contribution in [-0.4, -0.2) is 47.0 Å². The molecule has 0 amide bonds. The van der Waals surface area contributed by atoms with Crippen LogP contribution in [0, 0.1) is 0 Å². The molecule has 1 aromatic rings. The Morgan fingerprint density at radius 2 is 2.07 bits per heavy atom. The molecule has 0 radical (unpaired) electrons. The van der Waals surface area contributed by atoms with E-state index >= 15 is 0 Å². The van der Waals surface area contributed by atoms with Crippen molar-refractivity contribution in [1.29, 1.82) is 0 Å². The lowest BCUT2D eigenvalue weighted by Gasteiger charge is -2.10. The van der Waals surface area contributed by atoms with Crippen LogP contribution in [0.15, 0.2) is 0 Å². The second-order valence-electron chi connectivity index (χ2n) is 3.02. The number of halogens is 1. The molecule has 1 rings (SSSR count). The summed E-state index contributed by atoms with van der Waals surface area (Å²) in [6, 6.07) is 0. The fourth-order valence-corrected chi connectivity index (χ4v) is 1.00. The van der Waals surface area contributed by atoms with Crippen LogP contribution in [0.3, 0.4) is 0 Å². The molecule has 0 saturated heterocycles. The third kappa shape index (κ3) is 3.71. The highest BCUT2D eigenvalue weighted by molar-refractivity contribution is 6.28. The largest absolute Gasteiger partial charge is 0.368 e. The minimum Gasteiger partial charge on any atom is -0.368 e. The van der Waals surface area contributed by atoms with Gasteiger partial charge in [-0.1, -0.05) is 0 Å². The number of nitrogen functional groups attached to an aromatic ring is 1. The lowest BCUT2D eigenvalue weighted by atomic mass is 10.6. The molecule has 1 heterocycles. The first-order valence-corrected chi connectivity index (χ1v) is 4.51. The van der Waals surface area contributed by atoms with Crippen LogP contribution in [0.4, 0.5) is 11.9 Å². The Balaban J connectivity index is 2.50. The highest BCUT2D eigenvalue weighted by atomic mass is 35.5. The Hall–Kier alpha value is -1.14. The van der Waals surface area contributed by atoms with Crippen LogP contribution in [0.25, 0.3) is 0 Å². The van der Waals surface area contributed by atoms with Crippen molar-refractivity contribution in [1.82, 2.24) is 19.9 Å². The summed E-state index contributed by atoms with van der Waals surface area (Å²) in [7, 11) is 3.97. The first-order chi connectivity index (χ1) is 6.58. The second kappa shape index (κ2) is 4.92. The van der Waals surface area contributed by atoms with Crippen molar-refractivity contribution in [3.05, 3.63) is 5.28 Å². The van der Waals surface area contributed by atoms with E-state index in [1.807, 2.05) is 19.0 Å². The molecule has 0 bridgehead atoms. The van der Waals surface area contributed by atoms with Gasteiger partial charge in [-0.3, -0.25) is 0 Å². The van der Waals surface area contributed by atoms with Gasteiger partial charge in [0, 0.05) is 13.1 Å². The number of hydrogen-bond donors (Lipinski definition) is 2. The number of anilines is 2. The molecule has 0 unspecified atom stereocenters. The van der Waals surface area contributed by atoms with Crippen LogP contribution in [-0.2, 0) is 0 Å². The number of nitrogens with two attached hydrogens (primary N) is 1. The van der Waals surface area contributed by atoms with Crippen LogP contribution < -0.4 is 11.1 Å². The van der Waals surface area contributed by atoms with E-state index in [4.69, 9.17) is 17.3 Å². The molecular formula is C7H13ClN6. The summed E-state index contributed by atoms with van der Waals surface area (Å²) in [5.41, 5.74) is 5.39. The van der Waals surface area contributed by atoms with Crippen molar-refractivity contribution < 1.29 is 0 Å². The smallest absolute Gasteiger partial charge is 0.228 e. The summed E-state index contributed by atoms with van der Waals surface area (Å²) >= 11 is 5.60. The molecule has 0 aliphatic rings. The first-order valence-electron chi connectivity index (χ1n) is 4.13. The van der Waals surface area contributed by atoms with Crippen LogP contribution in [0.5, 0.6) is 0 Å². The van der Waals surface area contributed by atoms with Gasteiger partial charge in [0.05, 0.1) is 0 Å². The number of rotatable bonds is 4. The second-order valence-corrected chi connectivity index (χ2v) is 3.35. The lowest BCUT2D eigenvalue weighted by molar-refractivity contribution is 0.425. The zero-order chi connectivity index (χ0) is 10.6. The monoisotopic (exact) mass is 216 g/mol. The Bertz CT molecular complexity index is 282. The Kier molecular flexibility index (Phi) is 3.84. The molecule has 0 saturated carbocycles. The quantitative estimate of drug-likeness (QED) is 0.742. The number of nitrogens with one attached hydrogen (secondary N) is 1. The lowest BCUT2D eigenvalue weighted by Crippen LogP contribution is -2.21. The maximum absolute atomic E-state index is 5.60. The molecule has 0 aromatic carbocycles. The highest BCUT2D eigenvalue weighted by Crippen LogP contribution is 2.05. The average Bonchev–Trinajstić information content (AvgIpc) is 2.01. The van der Waals surface area contributed by atoms with Gasteiger partial charge in [-0.15, -0.1) is 0 Å². The predicted molar refractivity (Wildman–Crippen MR) is 56.3 cm³/mol. The number of hydrogen-bond acceptors (Lipinski definition) is 6. The van der Waals surface area contributed by atoms with Crippen molar-refractivity contribution in [3.63, 3.8) is 0 Å². The molecule has 0 atom stereocenters. The number of aromatic nitrogens is 3. The summed E-state index contributed by atoms with van der Waals surface area (Å²) in [6.07, 6.45) is 0. The van der Waals surface area contributed by atoms with E-state index in [2.05, 4.69) is 20.3 Å². The average molecular weight is 217 g/mol. The third-order valence-electron chi connectivity index (χ3n) is 1.47. The van der Waals surface area contributed by atoms with Crippen LogP contribution >= 0.6 is 11.6 Å². The predicted octanol–water partition coefficient (Wildman–Crippen LogP) is 0.0807. The van der Waals surface area contributed by atoms with Gasteiger partial charge in [-0.25, -0.2) is 0 Å². The number of likely N-dealkylation sites (N-methyl/N-ethyl adjacent to an activating group) is 1. The van der Waals surface area contributed by atoms with Gasteiger partial charge in [-0.05, 0) is 25.7 Å². The van der Waals surface area contributed by atoms with E-state index in [0.717, 1.165) is 13.1 Å². The van der Waals surface area contributed by atoms with Gasteiger partial charge in [0.2, 0.25) is 17.2 Å². The zero-order valence-corrected chi connectivity index (χ0v) is 8.91. The highest BCUT2D eigenvalue weighted by Gasteiger charge is 2.01. The maximum atomic E-state index is 5.60. The summed E-state index contributed by atoms with van der Waals surface area (Å²) in [6.45, 7) is 1.61. The van der Waals surface area contributed by atoms with Gasteiger partial charge >= 0.3 is 0 Å². The van der Waals surface area contributed by atoms with E-state index in [1.54, 1.807) is 0 Å². The molecule has 0 aliphatic carbocycles. The fraction of sp³-hybridized carbons (Fsp3) is 0.571. The molecule has 78 valence electrons. The molecule has 14 heavy (non-hydrogen) atoms. The molecule has 0 spiro atoms. The Labute approximate surface area is 87.5 Å². The summed E-state index contributed by atoms with van der Waals surface area (Å²) in [5, 5.41) is 3.09. The molecule has 7 heteroatoms. The topological polar surface area (TPSA) is 80.0 Å². The van der Waals surface area contributed by atoms with Crippen molar-refractivity contribution in [3.8, 4) is 0 Å². The fourth-order valence-electron chi connectivity index (χ4n) is 0.836. The molecule has 6 nitrogen and oxygen atoms in total. The molecule has 3 N–H and O–H groups in total. The normalized spacial score (nSPS) is 10.6.